The van der Waals surface area contributed by atoms with E-state index in [-0.39, 0.29) is 22.2 Å². The Balaban J connectivity index is 2.14. The van der Waals surface area contributed by atoms with Gasteiger partial charge in [0.2, 0.25) is 0 Å². The molecule has 0 bridgehead atoms. The van der Waals surface area contributed by atoms with E-state index in [1.165, 1.54) is 24.8 Å². The van der Waals surface area contributed by atoms with Crippen LogP contribution in [0.2, 0.25) is 10.2 Å². The summed E-state index contributed by atoms with van der Waals surface area (Å²) in [6.07, 6.45) is 4.20. The maximum atomic E-state index is 12.1. The molecule has 0 aliphatic carbocycles. The van der Waals surface area contributed by atoms with Crippen molar-refractivity contribution in [2.24, 2.45) is 0 Å². The molecule has 9 heteroatoms. The highest BCUT2D eigenvalue weighted by Gasteiger charge is 2.23. The number of carboxylic acids is 1. The van der Waals surface area contributed by atoms with Crippen LogP contribution in [0, 0.1) is 0 Å². The van der Waals surface area contributed by atoms with Crippen LogP contribution < -0.4 is 5.32 Å². The highest BCUT2D eigenvalue weighted by Crippen LogP contribution is 2.18. The number of hydrogen-bond donors (Lipinski definition) is 3. The molecule has 0 spiro atoms. The van der Waals surface area contributed by atoms with Gasteiger partial charge in [-0.15, -0.1) is 0 Å². The van der Waals surface area contributed by atoms with Crippen molar-refractivity contribution >= 4 is 35.1 Å². The molecule has 2 rings (SSSR count). The molecule has 0 fully saturated rings. The fraction of sp³-hybridized carbons (Fsp3) is 0.167. The molecular formula is C12H10Cl2N4O3. The van der Waals surface area contributed by atoms with E-state index in [1.54, 1.807) is 0 Å². The number of carboxylic acid groups (broad SMARTS) is 1. The minimum absolute atomic E-state index is 0.0625. The number of halogens is 2. The smallest absolute Gasteiger partial charge is 0.326 e. The normalized spacial score (nSPS) is 11.9. The average molecular weight is 329 g/mol. The van der Waals surface area contributed by atoms with Gasteiger partial charge in [-0.2, -0.15) is 0 Å². The third-order valence-corrected chi connectivity index (χ3v) is 3.16. The van der Waals surface area contributed by atoms with Gasteiger partial charge in [-0.1, -0.05) is 23.2 Å². The number of hydrogen-bond acceptors (Lipinski definition) is 4. The van der Waals surface area contributed by atoms with Crippen LogP contribution in [0.15, 0.2) is 24.8 Å². The van der Waals surface area contributed by atoms with Crippen LogP contribution in [0.3, 0.4) is 0 Å². The van der Waals surface area contributed by atoms with E-state index in [9.17, 15) is 14.7 Å². The lowest BCUT2D eigenvalue weighted by Crippen LogP contribution is -2.42. The van der Waals surface area contributed by atoms with Crippen molar-refractivity contribution in [2.45, 2.75) is 12.5 Å². The third kappa shape index (κ3) is 3.93. The fourth-order valence-electron chi connectivity index (χ4n) is 1.64. The monoisotopic (exact) mass is 328 g/mol. The van der Waals surface area contributed by atoms with E-state index in [2.05, 4.69) is 20.3 Å². The summed E-state index contributed by atoms with van der Waals surface area (Å²) in [5.41, 5.74) is 0.647. The molecule has 2 aromatic heterocycles. The number of amides is 1. The van der Waals surface area contributed by atoms with E-state index in [4.69, 9.17) is 23.2 Å². The fourth-order valence-corrected chi connectivity index (χ4v) is 1.99. The van der Waals surface area contributed by atoms with Gasteiger partial charge in [0.25, 0.3) is 5.91 Å². The molecule has 1 amide bonds. The van der Waals surface area contributed by atoms with Crippen molar-refractivity contribution in [2.75, 3.05) is 0 Å². The summed E-state index contributed by atoms with van der Waals surface area (Å²) in [5, 5.41) is 11.7. The zero-order chi connectivity index (χ0) is 15.4. The number of pyridine rings is 1. The predicted octanol–water partition coefficient (Wildman–Crippen LogP) is 1.54. The number of H-pyrrole nitrogens is 1. The summed E-state index contributed by atoms with van der Waals surface area (Å²) in [4.78, 5) is 33.6. The molecule has 0 saturated carbocycles. The van der Waals surface area contributed by atoms with E-state index >= 15 is 0 Å². The molecule has 0 radical (unpaired) electrons. The summed E-state index contributed by atoms with van der Waals surface area (Å²) in [6.45, 7) is 0. The van der Waals surface area contributed by atoms with Crippen molar-refractivity contribution in [3.63, 3.8) is 0 Å². The molecule has 110 valence electrons. The van der Waals surface area contributed by atoms with E-state index in [0.717, 1.165) is 0 Å². The van der Waals surface area contributed by atoms with Gasteiger partial charge in [-0.25, -0.2) is 14.8 Å². The number of nitrogens with one attached hydrogen (secondary N) is 2. The SMILES string of the molecule is O=C(N[C@H](Cc1cnc[nH]1)C(=O)O)c1cc(Cl)ncc1Cl. The zero-order valence-electron chi connectivity index (χ0n) is 10.5. The molecule has 3 N–H and O–H groups in total. The first-order valence-electron chi connectivity index (χ1n) is 5.79. The number of nitrogens with zero attached hydrogens (tertiary/aromatic N) is 2. The zero-order valence-corrected chi connectivity index (χ0v) is 12.0. The van der Waals surface area contributed by atoms with Crippen LogP contribution in [0.25, 0.3) is 0 Å². The maximum Gasteiger partial charge on any atom is 0.326 e. The van der Waals surface area contributed by atoms with Crippen molar-refractivity contribution in [1.29, 1.82) is 0 Å². The first-order chi connectivity index (χ1) is 9.97. The molecule has 0 aliphatic rings. The Kier molecular flexibility index (Phi) is 4.77. The van der Waals surface area contributed by atoms with Gasteiger partial charge in [0.1, 0.15) is 11.2 Å². The predicted molar refractivity (Wildman–Crippen MR) is 75.4 cm³/mol. The first kappa shape index (κ1) is 15.3. The largest absolute Gasteiger partial charge is 0.480 e. The number of aromatic amines is 1. The first-order valence-corrected chi connectivity index (χ1v) is 6.55. The van der Waals surface area contributed by atoms with Crippen molar-refractivity contribution < 1.29 is 14.7 Å². The van der Waals surface area contributed by atoms with Gasteiger partial charge >= 0.3 is 5.97 Å². The van der Waals surface area contributed by atoms with Crippen molar-refractivity contribution in [3.05, 3.63) is 46.2 Å². The van der Waals surface area contributed by atoms with Gasteiger partial charge in [0, 0.05) is 24.5 Å². The molecule has 2 heterocycles. The lowest BCUT2D eigenvalue weighted by atomic mass is 10.1. The Hall–Kier alpha value is -2.12. The standard InChI is InChI=1S/C12H10Cl2N4O3/c13-8-4-16-10(14)2-7(8)11(19)18-9(12(20)21)1-6-3-15-5-17-6/h2-5,9H,1H2,(H,15,17)(H,18,19)(H,20,21)/t9-/m1/s1. The Labute approximate surface area is 129 Å². The second kappa shape index (κ2) is 6.55. The minimum atomic E-state index is -1.17. The summed E-state index contributed by atoms with van der Waals surface area (Å²) in [6, 6.07) is 0.148. The number of carbonyl (C=O) groups excluding carboxylic acids is 1. The quantitative estimate of drug-likeness (QED) is 0.721. The van der Waals surface area contributed by atoms with Gasteiger partial charge in [-0.05, 0) is 6.07 Å². The highest BCUT2D eigenvalue weighted by atomic mass is 35.5. The number of rotatable bonds is 5. The summed E-state index contributed by atoms with van der Waals surface area (Å²) in [5.74, 6) is -1.81. The van der Waals surface area contributed by atoms with E-state index in [0.29, 0.717) is 5.69 Å². The molecular weight excluding hydrogens is 319 g/mol. The molecule has 0 saturated heterocycles. The molecule has 1 atom stereocenters. The van der Waals surface area contributed by atoms with Crippen LogP contribution in [-0.2, 0) is 11.2 Å². The Morgan fingerprint density at radius 1 is 1.38 bits per heavy atom. The number of aromatic nitrogens is 3. The summed E-state index contributed by atoms with van der Waals surface area (Å²) >= 11 is 11.5. The van der Waals surface area contributed by atoms with Crippen LogP contribution in [-0.4, -0.2) is 38.0 Å². The van der Waals surface area contributed by atoms with E-state index in [1.807, 2.05) is 0 Å². The van der Waals surface area contributed by atoms with Crippen LogP contribution in [0.4, 0.5) is 0 Å². The summed E-state index contributed by atoms with van der Waals surface area (Å²) < 4.78 is 0. The van der Waals surface area contributed by atoms with Gasteiger partial charge in [0.05, 0.1) is 16.9 Å². The average Bonchev–Trinajstić information content (AvgIpc) is 2.93. The maximum absolute atomic E-state index is 12.1. The number of aliphatic carboxylic acids is 1. The Morgan fingerprint density at radius 3 is 2.76 bits per heavy atom. The summed E-state index contributed by atoms with van der Waals surface area (Å²) in [7, 11) is 0. The number of carbonyl (C=O) groups is 2. The lowest BCUT2D eigenvalue weighted by molar-refractivity contribution is -0.139. The van der Waals surface area contributed by atoms with Crippen molar-refractivity contribution in [1.82, 2.24) is 20.3 Å². The van der Waals surface area contributed by atoms with Gasteiger partial charge in [0.15, 0.2) is 0 Å². The number of imidazole rings is 1. The van der Waals surface area contributed by atoms with Crippen LogP contribution in [0.5, 0.6) is 0 Å². The Bertz CT molecular complexity index is 661. The second-order valence-electron chi connectivity index (χ2n) is 4.13. The Morgan fingerprint density at radius 2 is 2.14 bits per heavy atom. The molecule has 0 unspecified atom stereocenters. The van der Waals surface area contributed by atoms with Gasteiger partial charge < -0.3 is 15.4 Å². The third-order valence-electron chi connectivity index (χ3n) is 2.65. The lowest BCUT2D eigenvalue weighted by Gasteiger charge is -2.14. The molecule has 0 aromatic carbocycles. The second-order valence-corrected chi connectivity index (χ2v) is 4.93. The minimum Gasteiger partial charge on any atom is -0.480 e. The van der Waals surface area contributed by atoms with Crippen LogP contribution >= 0.6 is 23.2 Å². The van der Waals surface area contributed by atoms with Crippen molar-refractivity contribution in [3.8, 4) is 0 Å². The van der Waals surface area contributed by atoms with Crippen LogP contribution in [0.1, 0.15) is 16.1 Å². The molecule has 7 nitrogen and oxygen atoms in total. The molecule has 21 heavy (non-hydrogen) atoms. The van der Waals surface area contributed by atoms with E-state index < -0.39 is 17.9 Å². The molecule has 0 aliphatic heterocycles. The highest BCUT2D eigenvalue weighted by molar-refractivity contribution is 6.35. The topological polar surface area (TPSA) is 108 Å². The molecule has 2 aromatic rings. The van der Waals surface area contributed by atoms with Gasteiger partial charge in [-0.3, -0.25) is 4.79 Å².